The highest BCUT2D eigenvalue weighted by molar-refractivity contribution is 5.97. The Hall–Kier alpha value is -2.10. The van der Waals surface area contributed by atoms with Crippen molar-refractivity contribution in [2.75, 3.05) is 6.61 Å². The van der Waals surface area contributed by atoms with Crippen LogP contribution in [-0.4, -0.2) is 18.5 Å². The standard InChI is InChI=1S/C13H15NO3/c1-3-17-13(16)12(14-10(2)15)9-11-7-5-4-6-8-11/h4-9H,3H2,1-2H3,(H,14,15). The zero-order chi connectivity index (χ0) is 12.7. The maximum Gasteiger partial charge on any atom is 0.354 e. The quantitative estimate of drug-likeness (QED) is 0.636. The average molecular weight is 233 g/mol. The van der Waals surface area contributed by atoms with Gasteiger partial charge < -0.3 is 10.1 Å². The molecule has 0 heterocycles. The summed E-state index contributed by atoms with van der Waals surface area (Å²) in [6, 6.07) is 9.24. The summed E-state index contributed by atoms with van der Waals surface area (Å²) < 4.78 is 4.86. The van der Waals surface area contributed by atoms with Gasteiger partial charge in [0, 0.05) is 6.92 Å². The van der Waals surface area contributed by atoms with E-state index >= 15 is 0 Å². The third-order valence-corrected chi connectivity index (χ3v) is 1.92. The number of hydrogen-bond acceptors (Lipinski definition) is 3. The Labute approximate surface area is 100 Å². The Morgan fingerprint density at radius 1 is 1.29 bits per heavy atom. The highest BCUT2D eigenvalue weighted by Gasteiger charge is 2.11. The highest BCUT2D eigenvalue weighted by atomic mass is 16.5. The predicted molar refractivity (Wildman–Crippen MR) is 64.9 cm³/mol. The van der Waals surface area contributed by atoms with Gasteiger partial charge in [-0.3, -0.25) is 4.79 Å². The van der Waals surface area contributed by atoms with Gasteiger partial charge in [0.25, 0.3) is 0 Å². The van der Waals surface area contributed by atoms with Crippen LogP contribution in [0.25, 0.3) is 6.08 Å². The number of hydrogen-bond donors (Lipinski definition) is 1. The summed E-state index contributed by atoms with van der Waals surface area (Å²) in [7, 11) is 0. The number of benzene rings is 1. The molecule has 0 radical (unpaired) electrons. The molecular weight excluding hydrogens is 218 g/mol. The van der Waals surface area contributed by atoms with Gasteiger partial charge in [0.1, 0.15) is 5.70 Å². The minimum absolute atomic E-state index is 0.144. The lowest BCUT2D eigenvalue weighted by Gasteiger charge is -2.07. The van der Waals surface area contributed by atoms with Gasteiger partial charge in [-0.15, -0.1) is 0 Å². The van der Waals surface area contributed by atoms with Crippen LogP contribution < -0.4 is 5.32 Å². The molecule has 4 nitrogen and oxygen atoms in total. The van der Waals surface area contributed by atoms with Crippen molar-refractivity contribution in [3.8, 4) is 0 Å². The maximum atomic E-state index is 11.6. The van der Waals surface area contributed by atoms with Crippen LogP contribution in [0.2, 0.25) is 0 Å². The molecule has 17 heavy (non-hydrogen) atoms. The van der Waals surface area contributed by atoms with E-state index in [1.165, 1.54) is 6.92 Å². The molecule has 0 aliphatic carbocycles. The van der Waals surface area contributed by atoms with Gasteiger partial charge in [0.2, 0.25) is 5.91 Å². The second-order valence-corrected chi connectivity index (χ2v) is 3.37. The molecule has 4 heteroatoms. The minimum Gasteiger partial charge on any atom is -0.461 e. The largest absolute Gasteiger partial charge is 0.461 e. The molecule has 0 aliphatic rings. The summed E-state index contributed by atoms with van der Waals surface area (Å²) in [5.74, 6) is -0.841. The van der Waals surface area contributed by atoms with E-state index in [2.05, 4.69) is 5.32 Å². The Morgan fingerprint density at radius 2 is 1.94 bits per heavy atom. The van der Waals surface area contributed by atoms with Crippen molar-refractivity contribution in [1.82, 2.24) is 5.32 Å². The fourth-order valence-electron chi connectivity index (χ4n) is 1.26. The van der Waals surface area contributed by atoms with E-state index in [4.69, 9.17) is 4.74 Å². The summed E-state index contributed by atoms with van der Waals surface area (Å²) in [6.45, 7) is 3.33. The molecule has 0 saturated heterocycles. The van der Waals surface area contributed by atoms with Crippen molar-refractivity contribution < 1.29 is 14.3 Å². The molecule has 0 aromatic heterocycles. The van der Waals surface area contributed by atoms with Crippen molar-refractivity contribution >= 4 is 18.0 Å². The van der Waals surface area contributed by atoms with E-state index in [1.54, 1.807) is 13.0 Å². The number of carbonyl (C=O) groups is 2. The summed E-state index contributed by atoms with van der Waals surface area (Å²) in [5, 5.41) is 2.46. The van der Waals surface area contributed by atoms with Crippen molar-refractivity contribution in [3.05, 3.63) is 41.6 Å². The van der Waals surface area contributed by atoms with Crippen LogP contribution in [0.1, 0.15) is 19.4 Å². The van der Waals surface area contributed by atoms with E-state index in [-0.39, 0.29) is 18.2 Å². The highest BCUT2D eigenvalue weighted by Crippen LogP contribution is 2.06. The first-order valence-electron chi connectivity index (χ1n) is 5.35. The third-order valence-electron chi connectivity index (χ3n) is 1.92. The first-order valence-corrected chi connectivity index (χ1v) is 5.35. The summed E-state index contributed by atoms with van der Waals surface area (Å²) in [5.41, 5.74) is 0.967. The van der Waals surface area contributed by atoms with Gasteiger partial charge in [0.15, 0.2) is 0 Å². The Bertz CT molecular complexity index is 424. The topological polar surface area (TPSA) is 55.4 Å². The van der Waals surface area contributed by atoms with Crippen LogP contribution in [-0.2, 0) is 14.3 Å². The first-order chi connectivity index (χ1) is 8.13. The molecule has 90 valence electrons. The van der Waals surface area contributed by atoms with Gasteiger partial charge in [0.05, 0.1) is 6.61 Å². The van der Waals surface area contributed by atoms with Gasteiger partial charge in [-0.25, -0.2) is 4.79 Å². The molecule has 0 bridgehead atoms. The van der Waals surface area contributed by atoms with Gasteiger partial charge in [-0.05, 0) is 18.6 Å². The van der Waals surface area contributed by atoms with Crippen LogP contribution >= 0.6 is 0 Å². The fourth-order valence-corrected chi connectivity index (χ4v) is 1.26. The van der Waals surface area contributed by atoms with E-state index in [0.29, 0.717) is 0 Å². The zero-order valence-electron chi connectivity index (χ0n) is 9.90. The molecule has 0 unspecified atom stereocenters. The number of carbonyl (C=O) groups excluding carboxylic acids is 2. The van der Waals surface area contributed by atoms with Crippen LogP contribution in [0.4, 0.5) is 0 Å². The lowest BCUT2D eigenvalue weighted by atomic mass is 10.2. The minimum atomic E-state index is -0.536. The van der Waals surface area contributed by atoms with Crippen molar-refractivity contribution in [3.63, 3.8) is 0 Å². The molecule has 0 fully saturated rings. The molecule has 1 aromatic carbocycles. The smallest absolute Gasteiger partial charge is 0.354 e. The molecular formula is C13H15NO3. The Morgan fingerprint density at radius 3 is 2.47 bits per heavy atom. The molecule has 1 aromatic rings. The first kappa shape index (κ1) is 13.0. The van der Waals surface area contributed by atoms with Crippen LogP contribution in [0.15, 0.2) is 36.0 Å². The second kappa shape index (κ2) is 6.48. The fraction of sp³-hybridized carbons (Fsp3) is 0.231. The molecule has 1 rings (SSSR count). The molecule has 0 atom stereocenters. The van der Waals surface area contributed by atoms with Crippen LogP contribution in [0.3, 0.4) is 0 Å². The number of rotatable bonds is 4. The maximum absolute atomic E-state index is 11.6. The van der Waals surface area contributed by atoms with E-state index in [9.17, 15) is 9.59 Å². The van der Waals surface area contributed by atoms with Gasteiger partial charge in [-0.2, -0.15) is 0 Å². The Balaban J connectivity index is 2.93. The molecule has 0 spiro atoms. The summed E-state index contributed by atoms with van der Waals surface area (Å²) >= 11 is 0. The second-order valence-electron chi connectivity index (χ2n) is 3.37. The number of nitrogens with one attached hydrogen (secondary N) is 1. The van der Waals surface area contributed by atoms with E-state index in [1.807, 2.05) is 30.3 Å². The van der Waals surface area contributed by atoms with E-state index < -0.39 is 5.97 Å². The van der Waals surface area contributed by atoms with Gasteiger partial charge in [-0.1, -0.05) is 30.3 Å². The predicted octanol–water partition coefficient (Wildman–Crippen LogP) is 1.73. The van der Waals surface area contributed by atoms with Crippen molar-refractivity contribution in [2.45, 2.75) is 13.8 Å². The average Bonchev–Trinajstić information content (AvgIpc) is 2.29. The number of amides is 1. The number of esters is 1. The SMILES string of the molecule is CCOC(=O)C(=Cc1ccccc1)NC(C)=O. The van der Waals surface area contributed by atoms with Crippen molar-refractivity contribution in [1.29, 1.82) is 0 Å². The van der Waals surface area contributed by atoms with Gasteiger partial charge >= 0.3 is 5.97 Å². The van der Waals surface area contributed by atoms with Crippen molar-refractivity contribution in [2.24, 2.45) is 0 Å². The summed E-state index contributed by atoms with van der Waals surface area (Å²) in [4.78, 5) is 22.6. The molecule has 0 saturated carbocycles. The molecule has 0 aliphatic heterocycles. The Kier molecular flexibility index (Phi) is 4.94. The lowest BCUT2D eigenvalue weighted by molar-refractivity contribution is -0.139. The molecule has 1 amide bonds. The van der Waals surface area contributed by atoms with Crippen LogP contribution in [0, 0.1) is 0 Å². The lowest BCUT2D eigenvalue weighted by Crippen LogP contribution is -2.26. The molecule has 1 N–H and O–H groups in total. The third kappa shape index (κ3) is 4.51. The normalized spacial score (nSPS) is 10.8. The van der Waals surface area contributed by atoms with E-state index in [0.717, 1.165) is 5.56 Å². The number of ether oxygens (including phenoxy) is 1. The summed E-state index contributed by atoms with van der Waals surface area (Å²) in [6.07, 6.45) is 1.58. The monoisotopic (exact) mass is 233 g/mol. The van der Waals surface area contributed by atoms with Crippen LogP contribution in [0.5, 0.6) is 0 Å². The zero-order valence-corrected chi connectivity index (χ0v) is 9.90.